The van der Waals surface area contributed by atoms with Crippen LogP contribution in [0.4, 0.5) is 0 Å². The fourth-order valence-electron chi connectivity index (χ4n) is 2.69. The number of amides is 1. The molecule has 4 heteroatoms. The number of carbonyl (C=O) groups is 1. The molecule has 1 rings (SSSR count). The molecule has 0 radical (unpaired) electrons. The summed E-state index contributed by atoms with van der Waals surface area (Å²) in [6.07, 6.45) is 6.47. The summed E-state index contributed by atoms with van der Waals surface area (Å²) in [7, 11) is 0. The smallest absolute Gasteiger partial charge is 0.224 e. The van der Waals surface area contributed by atoms with E-state index in [2.05, 4.69) is 18.7 Å². The average Bonchev–Trinajstić information content (AvgIpc) is 2.41. The Labute approximate surface area is 118 Å². The highest BCUT2D eigenvalue weighted by Crippen LogP contribution is 2.23. The molecule has 0 aliphatic carbocycles. The van der Waals surface area contributed by atoms with Crippen LogP contribution in [0, 0.1) is 5.92 Å². The van der Waals surface area contributed by atoms with Crippen molar-refractivity contribution in [2.45, 2.75) is 71.4 Å². The van der Waals surface area contributed by atoms with Crippen LogP contribution in [-0.2, 0) is 4.79 Å². The summed E-state index contributed by atoms with van der Waals surface area (Å²) in [5.41, 5.74) is 5.74. The van der Waals surface area contributed by atoms with Crippen molar-refractivity contribution >= 4 is 18.3 Å². The van der Waals surface area contributed by atoms with E-state index in [0.717, 1.165) is 19.4 Å². The lowest BCUT2D eigenvalue weighted by Gasteiger charge is -2.32. The molecule has 1 fully saturated rings. The van der Waals surface area contributed by atoms with Gasteiger partial charge in [-0.25, -0.2) is 0 Å². The standard InChI is InChI=1S/C14H28N2O.ClH/c1-11(2)9-13-7-5-4-6-8-16(13)14(17)10-12(3)15;/h11-13H,4-10,15H2,1-3H3;1H. The number of nitrogens with zero attached hydrogens (tertiary/aromatic N) is 1. The number of carbonyl (C=O) groups excluding carboxylic acids is 1. The molecule has 2 atom stereocenters. The summed E-state index contributed by atoms with van der Waals surface area (Å²) >= 11 is 0. The van der Waals surface area contributed by atoms with Crippen LogP contribution in [0.2, 0.25) is 0 Å². The van der Waals surface area contributed by atoms with E-state index in [-0.39, 0.29) is 24.4 Å². The van der Waals surface area contributed by atoms with Gasteiger partial charge in [-0.15, -0.1) is 12.4 Å². The molecule has 2 unspecified atom stereocenters. The number of hydrogen-bond donors (Lipinski definition) is 1. The van der Waals surface area contributed by atoms with Gasteiger partial charge in [-0.2, -0.15) is 0 Å². The highest BCUT2D eigenvalue weighted by molar-refractivity contribution is 5.85. The Morgan fingerprint density at radius 1 is 1.28 bits per heavy atom. The normalized spacial score (nSPS) is 22.3. The molecule has 0 saturated carbocycles. The minimum absolute atomic E-state index is 0. The van der Waals surface area contributed by atoms with Crippen molar-refractivity contribution in [1.29, 1.82) is 0 Å². The van der Waals surface area contributed by atoms with Crippen molar-refractivity contribution in [3.63, 3.8) is 0 Å². The molecule has 1 saturated heterocycles. The third-order valence-electron chi connectivity index (χ3n) is 3.44. The Hall–Kier alpha value is -0.280. The number of hydrogen-bond acceptors (Lipinski definition) is 2. The average molecular weight is 277 g/mol. The van der Waals surface area contributed by atoms with Crippen molar-refractivity contribution in [2.24, 2.45) is 11.7 Å². The van der Waals surface area contributed by atoms with Crippen LogP contribution in [0.25, 0.3) is 0 Å². The number of halogens is 1. The highest BCUT2D eigenvalue weighted by Gasteiger charge is 2.26. The first-order chi connectivity index (χ1) is 8.00. The van der Waals surface area contributed by atoms with Crippen molar-refractivity contribution in [3.8, 4) is 0 Å². The molecule has 108 valence electrons. The monoisotopic (exact) mass is 276 g/mol. The summed E-state index contributed by atoms with van der Waals surface area (Å²) < 4.78 is 0. The predicted octanol–water partition coefficient (Wildman–Crippen LogP) is 2.96. The molecule has 1 amide bonds. The number of likely N-dealkylation sites (tertiary alicyclic amines) is 1. The fourth-order valence-corrected chi connectivity index (χ4v) is 2.69. The van der Waals surface area contributed by atoms with Crippen molar-refractivity contribution in [1.82, 2.24) is 4.90 Å². The molecule has 0 aromatic rings. The van der Waals surface area contributed by atoms with E-state index < -0.39 is 0 Å². The zero-order valence-corrected chi connectivity index (χ0v) is 12.8. The zero-order valence-electron chi connectivity index (χ0n) is 12.0. The summed E-state index contributed by atoms with van der Waals surface area (Å²) in [5.74, 6) is 0.913. The lowest BCUT2D eigenvalue weighted by atomic mass is 9.98. The van der Waals surface area contributed by atoms with Crippen LogP contribution in [0.5, 0.6) is 0 Å². The third-order valence-corrected chi connectivity index (χ3v) is 3.44. The SMILES string of the molecule is CC(C)CC1CCCCCN1C(=O)CC(C)N.Cl. The molecular weight excluding hydrogens is 248 g/mol. The maximum Gasteiger partial charge on any atom is 0.224 e. The van der Waals surface area contributed by atoms with Gasteiger partial charge in [-0.3, -0.25) is 4.79 Å². The van der Waals surface area contributed by atoms with Gasteiger partial charge in [-0.1, -0.05) is 26.7 Å². The third kappa shape index (κ3) is 6.05. The van der Waals surface area contributed by atoms with Gasteiger partial charge >= 0.3 is 0 Å². The molecule has 18 heavy (non-hydrogen) atoms. The van der Waals surface area contributed by atoms with Gasteiger partial charge < -0.3 is 10.6 Å². The summed E-state index contributed by atoms with van der Waals surface area (Å²) in [5, 5.41) is 0. The molecular formula is C14H29ClN2O. The second-order valence-electron chi connectivity index (χ2n) is 5.90. The first-order valence-electron chi connectivity index (χ1n) is 7.05. The molecule has 1 aliphatic rings. The van der Waals surface area contributed by atoms with E-state index >= 15 is 0 Å². The minimum Gasteiger partial charge on any atom is -0.340 e. The molecule has 0 bridgehead atoms. The van der Waals surface area contributed by atoms with E-state index in [1.807, 2.05) is 6.92 Å². The Morgan fingerprint density at radius 3 is 2.50 bits per heavy atom. The lowest BCUT2D eigenvalue weighted by Crippen LogP contribution is -2.42. The van der Waals surface area contributed by atoms with Crippen LogP contribution in [0.15, 0.2) is 0 Å². The molecule has 1 aliphatic heterocycles. The minimum atomic E-state index is -0.0227. The first kappa shape index (κ1) is 17.7. The van der Waals surface area contributed by atoms with Crippen molar-refractivity contribution in [3.05, 3.63) is 0 Å². The van der Waals surface area contributed by atoms with Gasteiger partial charge in [-0.05, 0) is 32.1 Å². The van der Waals surface area contributed by atoms with Crippen molar-refractivity contribution < 1.29 is 4.79 Å². The van der Waals surface area contributed by atoms with Gasteiger partial charge in [0.1, 0.15) is 0 Å². The van der Waals surface area contributed by atoms with Gasteiger partial charge in [0.15, 0.2) is 0 Å². The van der Waals surface area contributed by atoms with E-state index in [4.69, 9.17) is 5.73 Å². The van der Waals surface area contributed by atoms with Crippen LogP contribution in [0.3, 0.4) is 0 Å². The van der Waals surface area contributed by atoms with Gasteiger partial charge in [0.2, 0.25) is 5.91 Å². The Kier molecular flexibility index (Phi) is 8.62. The van der Waals surface area contributed by atoms with Crippen LogP contribution < -0.4 is 5.73 Å². The van der Waals surface area contributed by atoms with E-state index in [1.54, 1.807) is 0 Å². The molecule has 0 aromatic heterocycles. The molecule has 0 spiro atoms. The van der Waals surface area contributed by atoms with E-state index in [0.29, 0.717) is 18.4 Å². The summed E-state index contributed by atoms with van der Waals surface area (Å²) in [6.45, 7) is 7.31. The molecule has 3 nitrogen and oxygen atoms in total. The Bertz CT molecular complexity index is 244. The second kappa shape index (κ2) is 8.76. The summed E-state index contributed by atoms with van der Waals surface area (Å²) in [6, 6.07) is 0.425. The lowest BCUT2D eigenvalue weighted by molar-refractivity contribution is -0.134. The topological polar surface area (TPSA) is 46.3 Å². The first-order valence-corrected chi connectivity index (χ1v) is 7.05. The van der Waals surface area contributed by atoms with Crippen LogP contribution in [0.1, 0.15) is 59.3 Å². The molecule has 2 N–H and O–H groups in total. The number of nitrogens with two attached hydrogens (primary N) is 1. The molecule has 1 heterocycles. The highest BCUT2D eigenvalue weighted by atomic mass is 35.5. The Morgan fingerprint density at radius 2 is 1.94 bits per heavy atom. The largest absolute Gasteiger partial charge is 0.340 e. The fraction of sp³-hybridized carbons (Fsp3) is 0.929. The van der Waals surface area contributed by atoms with Gasteiger partial charge in [0.05, 0.1) is 0 Å². The van der Waals surface area contributed by atoms with Gasteiger partial charge in [0.25, 0.3) is 0 Å². The maximum atomic E-state index is 12.2. The molecule has 0 aromatic carbocycles. The number of rotatable bonds is 4. The Balaban J connectivity index is 0.00000289. The van der Waals surface area contributed by atoms with Gasteiger partial charge in [0, 0.05) is 25.0 Å². The van der Waals surface area contributed by atoms with E-state index in [9.17, 15) is 4.79 Å². The quantitative estimate of drug-likeness (QED) is 0.858. The van der Waals surface area contributed by atoms with Crippen molar-refractivity contribution in [2.75, 3.05) is 6.54 Å². The van der Waals surface area contributed by atoms with Crippen LogP contribution >= 0.6 is 12.4 Å². The predicted molar refractivity (Wildman–Crippen MR) is 78.9 cm³/mol. The maximum absolute atomic E-state index is 12.2. The summed E-state index contributed by atoms with van der Waals surface area (Å²) in [4.78, 5) is 14.3. The van der Waals surface area contributed by atoms with E-state index in [1.165, 1.54) is 19.3 Å². The second-order valence-corrected chi connectivity index (χ2v) is 5.90. The van der Waals surface area contributed by atoms with Crippen LogP contribution in [-0.4, -0.2) is 29.4 Å². The zero-order chi connectivity index (χ0) is 12.8.